The van der Waals surface area contributed by atoms with E-state index in [0.717, 1.165) is 35.2 Å². The fourth-order valence-electron chi connectivity index (χ4n) is 2.94. The Bertz CT molecular complexity index is 860. The molecule has 0 saturated heterocycles. The van der Waals surface area contributed by atoms with Crippen LogP contribution in [-0.2, 0) is 17.6 Å². The molecule has 2 heterocycles. The minimum atomic E-state index is 0.108. The number of thiazole rings is 1. The summed E-state index contributed by atoms with van der Waals surface area (Å²) >= 11 is 1.52. The maximum atomic E-state index is 12.6. The molecule has 1 aliphatic rings. The highest BCUT2D eigenvalue weighted by Crippen LogP contribution is 2.28. The van der Waals surface area contributed by atoms with E-state index in [0.29, 0.717) is 6.42 Å². The van der Waals surface area contributed by atoms with Gasteiger partial charge in [0.15, 0.2) is 5.13 Å². The summed E-state index contributed by atoms with van der Waals surface area (Å²) in [5, 5.41) is 6.03. The van der Waals surface area contributed by atoms with Crippen molar-refractivity contribution in [1.29, 1.82) is 0 Å². The summed E-state index contributed by atoms with van der Waals surface area (Å²) in [5.74, 6) is 0.108. The average Bonchev–Trinajstić information content (AvgIpc) is 3.22. The van der Waals surface area contributed by atoms with Crippen LogP contribution in [0.5, 0.6) is 0 Å². The zero-order chi connectivity index (χ0) is 16.4. The predicted molar refractivity (Wildman–Crippen MR) is 98.0 cm³/mol. The minimum Gasteiger partial charge on any atom is -0.332 e. The normalized spacial score (nSPS) is 12.9. The number of nitrogens with zero attached hydrogens (tertiary/aromatic N) is 2. The molecule has 1 amide bonds. The average molecular weight is 335 g/mol. The van der Waals surface area contributed by atoms with E-state index in [9.17, 15) is 4.79 Å². The monoisotopic (exact) mass is 335 g/mol. The standard InChI is InChI=1S/C19H17N3OS/c23-18(22-11-10-14-6-4-5-9-17(14)22)12-16-13-24-19(21-16)20-15-7-2-1-3-8-15/h1-9,13H,10-12H2,(H,20,21). The van der Waals surface area contributed by atoms with Gasteiger partial charge in [-0.2, -0.15) is 0 Å². The zero-order valence-electron chi connectivity index (χ0n) is 13.1. The maximum Gasteiger partial charge on any atom is 0.233 e. The summed E-state index contributed by atoms with van der Waals surface area (Å²) in [6, 6.07) is 18.0. The van der Waals surface area contributed by atoms with Gasteiger partial charge >= 0.3 is 0 Å². The molecule has 0 atom stereocenters. The van der Waals surface area contributed by atoms with Crippen LogP contribution in [0.1, 0.15) is 11.3 Å². The number of benzene rings is 2. The van der Waals surface area contributed by atoms with Crippen molar-refractivity contribution in [2.75, 3.05) is 16.8 Å². The summed E-state index contributed by atoms with van der Waals surface area (Å²) in [4.78, 5) is 19.0. The second kappa shape index (κ2) is 6.45. The van der Waals surface area contributed by atoms with Crippen LogP contribution in [0.3, 0.4) is 0 Å². The van der Waals surface area contributed by atoms with Crippen molar-refractivity contribution in [2.24, 2.45) is 0 Å². The number of rotatable bonds is 4. The van der Waals surface area contributed by atoms with Gasteiger partial charge in [0, 0.05) is 23.3 Å². The Morgan fingerprint density at radius 1 is 1.12 bits per heavy atom. The molecule has 4 rings (SSSR count). The highest BCUT2D eigenvalue weighted by atomic mass is 32.1. The molecule has 0 aliphatic carbocycles. The highest BCUT2D eigenvalue weighted by Gasteiger charge is 2.24. The number of hydrogen-bond acceptors (Lipinski definition) is 4. The van der Waals surface area contributed by atoms with Gasteiger partial charge in [-0.1, -0.05) is 36.4 Å². The van der Waals surface area contributed by atoms with Gasteiger partial charge in [0.2, 0.25) is 5.91 Å². The van der Waals surface area contributed by atoms with Gasteiger partial charge in [0.25, 0.3) is 0 Å². The van der Waals surface area contributed by atoms with Crippen LogP contribution in [0, 0.1) is 0 Å². The molecule has 0 radical (unpaired) electrons. The van der Waals surface area contributed by atoms with Crippen molar-refractivity contribution < 1.29 is 4.79 Å². The fourth-order valence-corrected chi connectivity index (χ4v) is 3.67. The molecule has 5 heteroatoms. The fraction of sp³-hybridized carbons (Fsp3) is 0.158. The Kier molecular flexibility index (Phi) is 4.01. The summed E-state index contributed by atoms with van der Waals surface area (Å²) < 4.78 is 0. The van der Waals surface area contributed by atoms with Crippen LogP contribution in [0.4, 0.5) is 16.5 Å². The van der Waals surface area contributed by atoms with E-state index in [1.807, 2.05) is 58.8 Å². The first-order valence-corrected chi connectivity index (χ1v) is 8.82. The molecule has 1 aromatic heterocycles. The van der Waals surface area contributed by atoms with E-state index < -0.39 is 0 Å². The van der Waals surface area contributed by atoms with Crippen LogP contribution < -0.4 is 10.2 Å². The molecular formula is C19H17N3OS. The van der Waals surface area contributed by atoms with Crippen LogP contribution in [0.2, 0.25) is 0 Å². The molecule has 0 saturated carbocycles. The summed E-state index contributed by atoms with van der Waals surface area (Å²) in [6.45, 7) is 0.761. The second-order valence-electron chi connectivity index (χ2n) is 5.74. The Balaban J connectivity index is 1.44. The number of hydrogen-bond donors (Lipinski definition) is 1. The minimum absolute atomic E-state index is 0.108. The second-order valence-corrected chi connectivity index (χ2v) is 6.59. The lowest BCUT2D eigenvalue weighted by Gasteiger charge is -2.16. The van der Waals surface area contributed by atoms with Crippen LogP contribution >= 0.6 is 11.3 Å². The number of nitrogens with one attached hydrogen (secondary N) is 1. The topological polar surface area (TPSA) is 45.2 Å². The smallest absolute Gasteiger partial charge is 0.233 e. The number of para-hydroxylation sites is 2. The predicted octanol–water partition coefficient (Wildman–Crippen LogP) is 4.02. The van der Waals surface area contributed by atoms with Gasteiger partial charge in [-0.25, -0.2) is 4.98 Å². The molecule has 120 valence electrons. The molecule has 2 aromatic carbocycles. The van der Waals surface area contributed by atoms with Crippen molar-refractivity contribution in [3.8, 4) is 0 Å². The number of aromatic nitrogens is 1. The quantitative estimate of drug-likeness (QED) is 0.783. The number of fused-ring (bicyclic) bond motifs is 1. The molecule has 1 aliphatic heterocycles. The van der Waals surface area contributed by atoms with Crippen molar-refractivity contribution in [3.63, 3.8) is 0 Å². The van der Waals surface area contributed by atoms with Crippen LogP contribution in [-0.4, -0.2) is 17.4 Å². The third-order valence-electron chi connectivity index (χ3n) is 4.10. The van der Waals surface area contributed by atoms with E-state index in [4.69, 9.17) is 0 Å². The lowest BCUT2D eigenvalue weighted by Crippen LogP contribution is -2.30. The van der Waals surface area contributed by atoms with E-state index in [2.05, 4.69) is 16.4 Å². The Morgan fingerprint density at radius 2 is 1.92 bits per heavy atom. The number of amides is 1. The Morgan fingerprint density at radius 3 is 2.79 bits per heavy atom. The largest absolute Gasteiger partial charge is 0.332 e. The van der Waals surface area contributed by atoms with Crippen molar-refractivity contribution in [2.45, 2.75) is 12.8 Å². The van der Waals surface area contributed by atoms with Gasteiger partial charge in [0.05, 0.1) is 12.1 Å². The summed E-state index contributed by atoms with van der Waals surface area (Å²) in [5.41, 5.74) is 4.10. The first-order valence-electron chi connectivity index (χ1n) is 7.94. The van der Waals surface area contributed by atoms with E-state index >= 15 is 0 Å². The first kappa shape index (κ1) is 14.9. The lowest BCUT2D eigenvalue weighted by molar-refractivity contribution is -0.117. The van der Waals surface area contributed by atoms with Crippen molar-refractivity contribution >= 4 is 33.8 Å². The number of carbonyl (C=O) groups is 1. The maximum absolute atomic E-state index is 12.6. The van der Waals surface area contributed by atoms with Crippen molar-refractivity contribution in [1.82, 2.24) is 4.98 Å². The van der Waals surface area contributed by atoms with E-state index in [1.165, 1.54) is 16.9 Å². The molecule has 0 unspecified atom stereocenters. The SMILES string of the molecule is O=C(Cc1csc(Nc2ccccc2)n1)N1CCc2ccccc21. The van der Waals surface area contributed by atoms with Gasteiger partial charge in [-0.3, -0.25) is 4.79 Å². The zero-order valence-corrected chi connectivity index (χ0v) is 13.9. The molecule has 0 spiro atoms. The van der Waals surface area contributed by atoms with E-state index in [1.54, 1.807) is 0 Å². The van der Waals surface area contributed by atoms with Crippen molar-refractivity contribution in [3.05, 3.63) is 71.2 Å². The van der Waals surface area contributed by atoms with E-state index in [-0.39, 0.29) is 5.91 Å². The van der Waals surface area contributed by atoms with Crippen LogP contribution in [0.15, 0.2) is 60.0 Å². The van der Waals surface area contributed by atoms with Gasteiger partial charge in [-0.15, -0.1) is 11.3 Å². The highest BCUT2D eigenvalue weighted by molar-refractivity contribution is 7.13. The molecule has 4 nitrogen and oxygen atoms in total. The Labute approximate surface area is 144 Å². The first-order chi connectivity index (χ1) is 11.8. The van der Waals surface area contributed by atoms with Gasteiger partial charge < -0.3 is 10.2 Å². The van der Waals surface area contributed by atoms with Gasteiger partial charge in [0.1, 0.15) is 0 Å². The number of carbonyl (C=O) groups excluding carboxylic acids is 1. The van der Waals surface area contributed by atoms with Crippen LogP contribution in [0.25, 0.3) is 0 Å². The molecule has 0 bridgehead atoms. The number of anilines is 3. The third-order valence-corrected chi connectivity index (χ3v) is 4.90. The molecular weight excluding hydrogens is 318 g/mol. The molecule has 3 aromatic rings. The third kappa shape index (κ3) is 3.03. The summed E-state index contributed by atoms with van der Waals surface area (Å²) in [6.07, 6.45) is 1.26. The Hall–Kier alpha value is -2.66. The molecule has 24 heavy (non-hydrogen) atoms. The molecule has 1 N–H and O–H groups in total. The molecule has 0 fully saturated rings. The lowest BCUT2D eigenvalue weighted by atomic mass is 10.2. The summed E-state index contributed by atoms with van der Waals surface area (Å²) in [7, 11) is 0. The van der Waals surface area contributed by atoms with Gasteiger partial charge in [-0.05, 0) is 30.2 Å².